The van der Waals surface area contributed by atoms with E-state index in [0.717, 1.165) is 10.4 Å². The van der Waals surface area contributed by atoms with Gasteiger partial charge in [0.25, 0.3) is 0 Å². The van der Waals surface area contributed by atoms with Crippen molar-refractivity contribution in [2.75, 3.05) is 7.05 Å². The van der Waals surface area contributed by atoms with Crippen LogP contribution in [0.25, 0.3) is 0 Å². The van der Waals surface area contributed by atoms with E-state index in [1.54, 1.807) is 23.5 Å². The Morgan fingerprint density at radius 3 is 2.67 bits per heavy atom. The highest BCUT2D eigenvalue weighted by Crippen LogP contribution is 2.28. The van der Waals surface area contributed by atoms with Crippen LogP contribution < -0.4 is 10.1 Å². The maximum atomic E-state index is 12.2. The second-order valence-electron chi connectivity index (χ2n) is 3.69. The first kappa shape index (κ1) is 13.0. The molecule has 1 N–H and O–H groups in total. The van der Waals surface area contributed by atoms with Gasteiger partial charge in [-0.3, -0.25) is 0 Å². The Kier molecular flexibility index (Phi) is 4.28. The molecule has 1 heterocycles. The van der Waals surface area contributed by atoms with Crippen molar-refractivity contribution in [1.29, 1.82) is 0 Å². The smallest absolute Gasteiger partial charge is 0.387 e. The van der Waals surface area contributed by atoms with Gasteiger partial charge < -0.3 is 10.1 Å². The zero-order chi connectivity index (χ0) is 13.0. The van der Waals surface area contributed by atoms with E-state index in [9.17, 15) is 8.78 Å². The summed E-state index contributed by atoms with van der Waals surface area (Å²) in [4.78, 5) is 1.13. The minimum absolute atomic E-state index is 0.00813. The highest BCUT2D eigenvalue weighted by atomic mass is 32.1. The molecule has 2 aromatic rings. The fourth-order valence-corrected chi connectivity index (χ4v) is 2.66. The van der Waals surface area contributed by atoms with E-state index in [1.165, 1.54) is 6.07 Å². The van der Waals surface area contributed by atoms with Gasteiger partial charge in [-0.1, -0.05) is 18.2 Å². The van der Waals surface area contributed by atoms with Crippen LogP contribution in [0.2, 0.25) is 0 Å². The molecule has 2 nitrogen and oxygen atoms in total. The van der Waals surface area contributed by atoms with E-state index < -0.39 is 6.61 Å². The van der Waals surface area contributed by atoms with E-state index in [4.69, 9.17) is 0 Å². The molecule has 0 saturated heterocycles. The van der Waals surface area contributed by atoms with Crippen LogP contribution >= 0.6 is 11.3 Å². The molecule has 0 radical (unpaired) electrons. The quantitative estimate of drug-likeness (QED) is 0.894. The minimum Gasteiger partial charge on any atom is -0.435 e. The van der Waals surface area contributed by atoms with Crippen LogP contribution in [0.5, 0.6) is 5.75 Å². The summed E-state index contributed by atoms with van der Waals surface area (Å²) in [5.74, 6) is 0.180. The molecule has 0 aliphatic carbocycles. The summed E-state index contributed by atoms with van der Waals surface area (Å²) in [6, 6.07) is 10.7. The topological polar surface area (TPSA) is 21.3 Å². The van der Waals surface area contributed by atoms with Gasteiger partial charge in [0.2, 0.25) is 0 Å². The van der Waals surface area contributed by atoms with Crippen LogP contribution in [0.15, 0.2) is 41.8 Å². The lowest BCUT2D eigenvalue weighted by atomic mass is 10.1. The summed E-state index contributed by atoms with van der Waals surface area (Å²) in [6.07, 6.45) is 0. The Labute approximate surface area is 108 Å². The molecular weight excluding hydrogens is 256 g/mol. The molecule has 5 heteroatoms. The third kappa shape index (κ3) is 3.05. The van der Waals surface area contributed by atoms with Gasteiger partial charge in [0.1, 0.15) is 5.75 Å². The summed E-state index contributed by atoms with van der Waals surface area (Å²) in [5, 5.41) is 5.15. The minimum atomic E-state index is -2.80. The zero-order valence-corrected chi connectivity index (χ0v) is 10.6. The van der Waals surface area contributed by atoms with Crippen LogP contribution in [0.3, 0.4) is 0 Å². The Bertz CT molecular complexity index is 487. The number of rotatable bonds is 5. The van der Waals surface area contributed by atoms with Crippen molar-refractivity contribution in [3.63, 3.8) is 0 Å². The first-order chi connectivity index (χ1) is 8.70. The second kappa shape index (κ2) is 5.93. The van der Waals surface area contributed by atoms with Crippen LogP contribution in [-0.2, 0) is 0 Å². The lowest BCUT2D eigenvalue weighted by molar-refractivity contribution is -0.0498. The molecule has 1 aromatic heterocycles. The molecule has 2 rings (SSSR count). The third-order valence-corrected chi connectivity index (χ3v) is 3.47. The predicted octanol–water partition coefficient (Wildman–Crippen LogP) is 3.66. The lowest BCUT2D eigenvalue weighted by Gasteiger charge is -2.16. The van der Waals surface area contributed by atoms with E-state index in [-0.39, 0.29) is 11.8 Å². The summed E-state index contributed by atoms with van der Waals surface area (Å²) < 4.78 is 28.8. The zero-order valence-electron chi connectivity index (χ0n) is 9.77. The number of thiophene rings is 1. The van der Waals surface area contributed by atoms with E-state index in [2.05, 4.69) is 10.1 Å². The first-order valence-electron chi connectivity index (χ1n) is 5.46. The predicted molar refractivity (Wildman–Crippen MR) is 68.3 cm³/mol. The van der Waals surface area contributed by atoms with E-state index in [0.29, 0.717) is 0 Å². The van der Waals surface area contributed by atoms with Gasteiger partial charge in [0.05, 0.1) is 6.04 Å². The fraction of sp³-hybridized carbons (Fsp3) is 0.231. The first-order valence-corrected chi connectivity index (χ1v) is 6.34. The molecule has 1 atom stereocenters. The van der Waals surface area contributed by atoms with Gasteiger partial charge in [0.15, 0.2) is 0 Å². The van der Waals surface area contributed by atoms with Crippen molar-refractivity contribution in [3.05, 3.63) is 52.2 Å². The highest BCUT2D eigenvalue weighted by molar-refractivity contribution is 7.10. The van der Waals surface area contributed by atoms with E-state index >= 15 is 0 Å². The fourth-order valence-electron chi connectivity index (χ4n) is 1.80. The molecule has 1 unspecified atom stereocenters. The molecule has 0 amide bonds. The largest absolute Gasteiger partial charge is 0.435 e. The monoisotopic (exact) mass is 269 g/mol. The van der Waals surface area contributed by atoms with Crippen LogP contribution in [0.1, 0.15) is 16.5 Å². The van der Waals surface area contributed by atoms with Crippen molar-refractivity contribution in [2.24, 2.45) is 0 Å². The Morgan fingerprint density at radius 2 is 2.06 bits per heavy atom. The van der Waals surface area contributed by atoms with Crippen LogP contribution in [0.4, 0.5) is 8.78 Å². The van der Waals surface area contributed by atoms with Gasteiger partial charge in [-0.05, 0) is 36.2 Å². The number of hydrogen-bond donors (Lipinski definition) is 1. The van der Waals surface area contributed by atoms with Gasteiger partial charge in [-0.2, -0.15) is 8.78 Å². The summed E-state index contributed by atoms with van der Waals surface area (Å²) in [5.41, 5.74) is 0.901. The standard InChI is InChI=1S/C13H13F2NOS/c1-16-12(11-6-3-7-18-11)9-4-2-5-10(8-9)17-13(14)15/h2-8,12-13,16H,1H3. The van der Waals surface area contributed by atoms with Gasteiger partial charge >= 0.3 is 6.61 Å². The molecular formula is C13H13F2NOS. The average molecular weight is 269 g/mol. The summed E-state index contributed by atoms with van der Waals surface area (Å²) in [6.45, 7) is -2.80. The Hall–Kier alpha value is -1.46. The normalized spacial score (nSPS) is 12.7. The molecule has 0 aliphatic rings. The number of ether oxygens (including phenoxy) is 1. The Balaban J connectivity index is 2.26. The van der Waals surface area contributed by atoms with E-state index in [1.807, 2.05) is 30.6 Å². The van der Waals surface area contributed by atoms with Gasteiger partial charge in [0, 0.05) is 4.88 Å². The SMILES string of the molecule is CNC(c1cccc(OC(F)F)c1)c1cccs1. The summed E-state index contributed by atoms with van der Waals surface area (Å²) >= 11 is 1.62. The van der Waals surface area contributed by atoms with Crippen molar-refractivity contribution in [2.45, 2.75) is 12.7 Å². The second-order valence-corrected chi connectivity index (χ2v) is 4.67. The van der Waals surface area contributed by atoms with Gasteiger partial charge in [-0.25, -0.2) is 0 Å². The molecule has 0 bridgehead atoms. The maximum Gasteiger partial charge on any atom is 0.387 e. The number of benzene rings is 1. The maximum absolute atomic E-state index is 12.2. The number of nitrogens with one attached hydrogen (secondary N) is 1. The lowest BCUT2D eigenvalue weighted by Crippen LogP contribution is -2.16. The highest BCUT2D eigenvalue weighted by Gasteiger charge is 2.14. The summed E-state index contributed by atoms with van der Waals surface area (Å²) in [7, 11) is 1.84. The van der Waals surface area contributed by atoms with Crippen molar-refractivity contribution in [3.8, 4) is 5.75 Å². The molecule has 0 saturated carbocycles. The molecule has 0 spiro atoms. The van der Waals surface area contributed by atoms with Gasteiger partial charge in [-0.15, -0.1) is 11.3 Å². The van der Waals surface area contributed by atoms with Crippen molar-refractivity contribution in [1.82, 2.24) is 5.32 Å². The number of alkyl halides is 2. The number of hydrogen-bond acceptors (Lipinski definition) is 3. The van der Waals surface area contributed by atoms with Crippen LogP contribution in [0, 0.1) is 0 Å². The molecule has 18 heavy (non-hydrogen) atoms. The molecule has 1 aromatic carbocycles. The molecule has 0 aliphatic heterocycles. The Morgan fingerprint density at radius 1 is 1.22 bits per heavy atom. The molecule has 96 valence electrons. The average Bonchev–Trinajstić information content (AvgIpc) is 2.83. The van der Waals surface area contributed by atoms with Crippen molar-refractivity contribution < 1.29 is 13.5 Å². The van der Waals surface area contributed by atoms with Crippen molar-refractivity contribution >= 4 is 11.3 Å². The third-order valence-electron chi connectivity index (χ3n) is 2.53. The van der Waals surface area contributed by atoms with Crippen LogP contribution in [-0.4, -0.2) is 13.7 Å². The number of halogens is 2. The molecule has 0 fully saturated rings.